The van der Waals surface area contributed by atoms with E-state index < -0.39 is 8.07 Å². The lowest BCUT2D eigenvalue weighted by Gasteiger charge is -2.35. The average Bonchev–Trinajstić information content (AvgIpc) is 4.26. The van der Waals surface area contributed by atoms with Crippen LogP contribution in [-0.4, -0.2) is 22.2 Å². The molecule has 0 bridgehead atoms. The molecule has 0 unspecified atom stereocenters. The minimum Gasteiger partial charge on any atom is -0.456 e. The van der Waals surface area contributed by atoms with Crippen molar-refractivity contribution >= 4 is 138 Å². The Hall–Kier alpha value is -10.1. The zero-order valence-electron chi connectivity index (χ0n) is 42.3. The van der Waals surface area contributed by atoms with Crippen molar-refractivity contribution in [1.29, 1.82) is 0 Å². The van der Waals surface area contributed by atoms with Gasteiger partial charge in [-0.15, -0.1) is 0 Å². The first-order chi connectivity index (χ1) is 38.7. The van der Waals surface area contributed by atoms with Crippen molar-refractivity contribution in [2.75, 3.05) is 0 Å². The van der Waals surface area contributed by atoms with Crippen LogP contribution in [0.15, 0.2) is 288 Å². The highest BCUT2D eigenvalue weighted by molar-refractivity contribution is 7.20. The zero-order valence-corrected chi connectivity index (χ0v) is 43.3. The van der Waals surface area contributed by atoms with Crippen LogP contribution in [0.4, 0.5) is 0 Å². The molecule has 0 amide bonds. The fourth-order valence-corrected chi connectivity index (χ4v) is 17.7. The number of nitrogens with one attached hydrogen (secondary N) is 1. The minimum atomic E-state index is -2.92. The third-order valence-corrected chi connectivity index (χ3v) is 21.1. The molecule has 0 spiro atoms. The van der Waals surface area contributed by atoms with Gasteiger partial charge in [0, 0.05) is 60.0 Å². The summed E-state index contributed by atoms with van der Waals surface area (Å²) in [6.07, 6.45) is 0. The molecule has 0 atom stereocenters. The third kappa shape index (κ3) is 6.94. The number of hydrogen-bond acceptors (Lipinski definition) is 2. The van der Waals surface area contributed by atoms with Gasteiger partial charge in [0.25, 0.3) is 0 Å². The van der Waals surface area contributed by atoms with E-state index in [-0.39, 0.29) is 7.43 Å². The number of furan rings is 2. The summed E-state index contributed by atoms with van der Waals surface area (Å²) in [5, 5.41) is 17.3. The maximum Gasteiger partial charge on any atom is 0.179 e. The van der Waals surface area contributed by atoms with Gasteiger partial charge < -0.3 is 23.0 Å². The molecule has 79 heavy (non-hydrogen) atoms. The molecule has 6 heteroatoms. The van der Waals surface area contributed by atoms with E-state index in [1.54, 1.807) is 0 Å². The summed E-state index contributed by atoms with van der Waals surface area (Å²) in [4.78, 5) is 3.45. The minimum absolute atomic E-state index is 0. The van der Waals surface area contributed by atoms with Gasteiger partial charge >= 0.3 is 0 Å². The Labute approximate surface area is 456 Å². The molecule has 5 nitrogen and oxygen atoms in total. The van der Waals surface area contributed by atoms with Crippen LogP contribution < -0.4 is 20.7 Å². The smallest absolute Gasteiger partial charge is 0.179 e. The fraction of sp³-hybridized carbons (Fsp3) is 0.0137. The molecule has 0 fully saturated rings. The van der Waals surface area contributed by atoms with Gasteiger partial charge in [-0.25, -0.2) is 0 Å². The van der Waals surface area contributed by atoms with Crippen LogP contribution in [0.3, 0.4) is 0 Å². The van der Waals surface area contributed by atoms with E-state index in [0.29, 0.717) is 0 Å². The van der Waals surface area contributed by atoms with E-state index in [0.717, 1.165) is 55.5 Å². The number of H-pyrrole nitrogens is 1. The first-order valence-corrected chi connectivity index (χ1v) is 28.7. The quantitative estimate of drug-likeness (QED) is 0.133. The van der Waals surface area contributed by atoms with Crippen LogP contribution in [0.5, 0.6) is 0 Å². The molecule has 374 valence electrons. The SMILES string of the molecule is C.c1ccc([Si](c2ccccc2)(c2ccc(-n3c4ccccc4c4ccccc43)cc2)c2cccc(-n3c4ccccc4c4ccc5oc6ccccc6c5c43)c2)cc1.c1ccc2c(c1)[nH]c1ccc3c4ccccc4oc3c12. The summed E-state index contributed by atoms with van der Waals surface area (Å²) in [7, 11) is -2.92. The maximum atomic E-state index is 6.47. The summed E-state index contributed by atoms with van der Waals surface area (Å²) in [6.45, 7) is 0. The van der Waals surface area contributed by atoms with Crippen molar-refractivity contribution in [2.45, 2.75) is 7.43 Å². The standard InChI is InChI=1S/C54H36N2OSi.C18H11NO.CH4/c1-3-17-39(18-4-1)58(40-19-5-2-6-20-40,41-32-30-37(31-33-41)55-48-26-11-7-22-43(48)44-23-8-12-27-49(44)55)42-21-15-16-38(36-42)56-50-28-13-9-24-45(50)46-34-35-52-53(54(46)56)47-25-10-14-29-51(47)57-52;1-3-7-14-13(6-1)17-15(19-14)10-9-12-11-5-2-4-8-16(11)20-18(12)17;/h1-36H;1-10,19H;1H4. The van der Waals surface area contributed by atoms with Gasteiger partial charge in [0.2, 0.25) is 0 Å². The van der Waals surface area contributed by atoms with Gasteiger partial charge in [-0.05, 0) is 106 Å². The number of benzene rings is 12. The van der Waals surface area contributed by atoms with Gasteiger partial charge in [0.1, 0.15) is 22.3 Å². The summed E-state index contributed by atoms with van der Waals surface area (Å²) in [5.41, 5.74) is 13.0. The predicted octanol–water partition coefficient (Wildman–Crippen LogP) is 17.0. The van der Waals surface area contributed by atoms with Crippen LogP contribution in [0.1, 0.15) is 7.43 Å². The van der Waals surface area contributed by atoms with Crippen LogP contribution in [-0.2, 0) is 0 Å². The van der Waals surface area contributed by atoms with Crippen molar-refractivity contribution in [3.05, 3.63) is 279 Å². The number of fused-ring (bicyclic) bond motifs is 17. The highest BCUT2D eigenvalue weighted by atomic mass is 28.3. The Morgan fingerprint density at radius 1 is 0.291 bits per heavy atom. The zero-order chi connectivity index (χ0) is 51.3. The molecule has 17 aromatic rings. The van der Waals surface area contributed by atoms with Crippen molar-refractivity contribution in [2.24, 2.45) is 0 Å². The second-order valence-electron chi connectivity index (χ2n) is 20.4. The van der Waals surface area contributed by atoms with Crippen molar-refractivity contribution in [3.63, 3.8) is 0 Å². The van der Waals surface area contributed by atoms with Crippen LogP contribution >= 0.6 is 0 Å². The fourth-order valence-electron chi connectivity index (χ4n) is 13.0. The number of nitrogens with zero attached hydrogens (tertiary/aromatic N) is 2. The second-order valence-corrected chi connectivity index (χ2v) is 24.2. The number of rotatable bonds is 6. The Kier molecular flexibility index (Phi) is 10.7. The Morgan fingerprint density at radius 2 is 0.797 bits per heavy atom. The molecule has 0 aliphatic rings. The van der Waals surface area contributed by atoms with E-state index in [9.17, 15) is 0 Å². The third-order valence-electron chi connectivity index (χ3n) is 16.3. The van der Waals surface area contributed by atoms with Gasteiger partial charge in [0.15, 0.2) is 8.07 Å². The highest BCUT2D eigenvalue weighted by Crippen LogP contribution is 2.42. The maximum absolute atomic E-state index is 6.47. The van der Waals surface area contributed by atoms with E-state index in [4.69, 9.17) is 8.83 Å². The molecular formula is C73H51N3O2Si. The van der Waals surface area contributed by atoms with Crippen LogP contribution in [0.25, 0.3) is 121 Å². The highest BCUT2D eigenvalue weighted by Gasteiger charge is 2.42. The summed E-state index contributed by atoms with van der Waals surface area (Å²) >= 11 is 0. The van der Waals surface area contributed by atoms with E-state index >= 15 is 0 Å². The molecule has 0 saturated heterocycles. The normalized spacial score (nSPS) is 11.9. The molecule has 0 aliphatic carbocycles. The van der Waals surface area contributed by atoms with Crippen molar-refractivity contribution in [3.8, 4) is 11.4 Å². The van der Waals surface area contributed by atoms with E-state index in [2.05, 4.69) is 269 Å². The van der Waals surface area contributed by atoms with Crippen LogP contribution in [0, 0.1) is 0 Å². The van der Waals surface area contributed by atoms with Gasteiger partial charge in [-0.1, -0.05) is 202 Å². The number of aromatic amines is 1. The molecule has 5 heterocycles. The van der Waals surface area contributed by atoms with Gasteiger partial charge in [0.05, 0.1) is 38.4 Å². The lowest BCUT2D eigenvalue weighted by atomic mass is 10.1. The molecule has 12 aromatic carbocycles. The summed E-state index contributed by atoms with van der Waals surface area (Å²) in [5.74, 6) is 0. The largest absolute Gasteiger partial charge is 0.456 e. The Bertz CT molecular complexity index is 5060. The predicted molar refractivity (Wildman–Crippen MR) is 336 cm³/mol. The van der Waals surface area contributed by atoms with Crippen molar-refractivity contribution < 1.29 is 8.83 Å². The van der Waals surface area contributed by atoms with E-state index in [1.807, 2.05) is 24.3 Å². The summed E-state index contributed by atoms with van der Waals surface area (Å²) < 4.78 is 17.5. The molecule has 1 N–H and O–H groups in total. The molecular weight excluding hydrogens is 979 g/mol. The van der Waals surface area contributed by atoms with Gasteiger partial charge in [-0.2, -0.15) is 0 Å². The second kappa shape index (κ2) is 18.3. The van der Waals surface area contributed by atoms with E-state index in [1.165, 1.54) is 85.9 Å². The first kappa shape index (κ1) is 46.2. The topological polar surface area (TPSA) is 51.9 Å². The van der Waals surface area contributed by atoms with Crippen LogP contribution in [0.2, 0.25) is 0 Å². The molecule has 5 aromatic heterocycles. The summed E-state index contributed by atoms with van der Waals surface area (Å²) in [6, 6.07) is 101. The number of para-hydroxylation sites is 6. The molecule has 0 saturated carbocycles. The Morgan fingerprint density at radius 3 is 1.47 bits per heavy atom. The first-order valence-electron chi connectivity index (χ1n) is 26.7. The number of hydrogen-bond donors (Lipinski definition) is 1. The molecule has 0 aliphatic heterocycles. The Balaban J connectivity index is 0.000000215. The lowest BCUT2D eigenvalue weighted by molar-refractivity contribution is 0.669. The van der Waals surface area contributed by atoms with Gasteiger partial charge in [-0.3, -0.25) is 0 Å². The lowest BCUT2D eigenvalue weighted by Crippen LogP contribution is -2.74. The van der Waals surface area contributed by atoms with Crippen molar-refractivity contribution in [1.82, 2.24) is 14.1 Å². The molecule has 17 rings (SSSR count). The molecule has 0 radical (unpaired) electrons. The number of aromatic nitrogens is 3. The average molecular weight is 1030 g/mol. The monoisotopic (exact) mass is 1030 g/mol.